The number of aromatic nitrogens is 1. The number of nitrogens with zero attached hydrogens (tertiary/aromatic N) is 1. The quantitative estimate of drug-likeness (QED) is 0.765. The van der Waals surface area contributed by atoms with E-state index in [1.54, 1.807) is 18.2 Å². The average Bonchev–Trinajstić information content (AvgIpc) is 2.71. The summed E-state index contributed by atoms with van der Waals surface area (Å²) in [5, 5.41) is 2.42. The number of hydrogen-bond acceptors (Lipinski definition) is 5. The van der Waals surface area contributed by atoms with Crippen LogP contribution in [0.5, 0.6) is 0 Å². The van der Waals surface area contributed by atoms with E-state index in [2.05, 4.69) is 10.3 Å². The van der Waals surface area contributed by atoms with Crippen LogP contribution in [0.25, 0.3) is 11.1 Å². The second-order valence-corrected chi connectivity index (χ2v) is 4.70. The fourth-order valence-electron chi connectivity index (χ4n) is 1.27. The lowest BCUT2D eigenvalue weighted by Crippen LogP contribution is -2.24. The van der Waals surface area contributed by atoms with Gasteiger partial charge in [-0.15, -0.1) is 0 Å². The summed E-state index contributed by atoms with van der Waals surface area (Å²) in [4.78, 5) is 15.1. The molecule has 0 bridgehead atoms. The Morgan fingerprint density at radius 1 is 1.59 bits per heavy atom. The number of nitrogens with one attached hydrogen (secondary N) is 1. The van der Waals surface area contributed by atoms with E-state index in [4.69, 9.17) is 10.2 Å². The normalized spacial score (nSPS) is 12.5. The number of oxazole rings is 1. The summed E-state index contributed by atoms with van der Waals surface area (Å²) in [5.41, 5.74) is 7.16. The molecule has 0 spiro atoms. The highest BCUT2D eigenvalue weighted by molar-refractivity contribution is 7.85. The first-order chi connectivity index (χ1) is 8.10. The Morgan fingerprint density at radius 2 is 2.35 bits per heavy atom. The third kappa shape index (κ3) is 2.44. The fourth-order valence-corrected chi connectivity index (χ4v) is 2.16. The molecule has 1 unspecified atom stereocenters. The van der Waals surface area contributed by atoms with Crippen molar-refractivity contribution in [1.29, 1.82) is 0 Å². The standard InChI is InChI=1S/C10H11N3O3S/c1-12-9(14)5-17(15)10-13-7-3-2-6(11)4-8(7)16-10/h2-4H,5,11H2,1H3,(H,12,14). The first kappa shape index (κ1) is 11.6. The minimum Gasteiger partial charge on any atom is -0.430 e. The number of benzene rings is 1. The van der Waals surface area contributed by atoms with Gasteiger partial charge in [-0.3, -0.25) is 4.79 Å². The Bertz CT molecular complexity index is 593. The molecule has 90 valence electrons. The van der Waals surface area contributed by atoms with Crippen molar-refractivity contribution in [3.05, 3.63) is 18.2 Å². The molecule has 2 rings (SSSR count). The first-order valence-corrected chi connectivity index (χ1v) is 6.17. The molecule has 0 aliphatic carbocycles. The molecule has 0 fully saturated rings. The van der Waals surface area contributed by atoms with Gasteiger partial charge >= 0.3 is 0 Å². The molecular weight excluding hydrogens is 242 g/mol. The topological polar surface area (TPSA) is 98.2 Å². The fraction of sp³-hybridized carbons (Fsp3) is 0.200. The zero-order valence-corrected chi connectivity index (χ0v) is 9.91. The molecule has 0 saturated carbocycles. The maximum Gasteiger partial charge on any atom is 0.288 e. The van der Waals surface area contributed by atoms with Gasteiger partial charge < -0.3 is 15.5 Å². The average molecular weight is 253 g/mol. The Morgan fingerprint density at radius 3 is 3.06 bits per heavy atom. The number of rotatable bonds is 3. The van der Waals surface area contributed by atoms with E-state index in [-0.39, 0.29) is 16.9 Å². The van der Waals surface area contributed by atoms with Gasteiger partial charge in [-0.2, -0.15) is 0 Å². The summed E-state index contributed by atoms with van der Waals surface area (Å²) >= 11 is 0. The van der Waals surface area contributed by atoms with Crippen LogP contribution in [0.3, 0.4) is 0 Å². The lowest BCUT2D eigenvalue weighted by Gasteiger charge is -1.95. The first-order valence-electron chi connectivity index (χ1n) is 4.85. The number of fused-ring (bicyclic) bond motifs is 1. The molecule has 0 aliphatic heterocycles. The number of anilines is 1. The van der Waals surface area contributed by atoms with Crippen LogP contribution in [0, 0.1) is 0 Å². The van der Waals surface area contributed by atoms with Crippen molar-refractivity contribution in [1.82, 2.24) is 10.3 Å². The predicted molar refractivity (Wildman–Crippen MR) is 63.8 cm³/mol. The van der Waals surface area contributed by atoms with Gasteiger partial charge in [0, 0.05) is 18.8 Å². The molecule has 1 amide bonds. The minimum atomic E-state index is -1.58. The second kappa shape index (κ2) is 4.54. The van der Waals surface area contributed by atoms with Crippen molar-refractivity contribution < 1.29 is 13.4 Å². The van der Waals surface area contributed by atoms with Gasteiger partial charge in [0.25, 0.3) is 5.22 Å². The zero-order valence-electron chi connectivity index (χ0n) is 9.10. The van der Waals surface area contributed by atoms with E-state index in [0.29, 0.717) is 16.8 Å². The smallest absolute Gasteiger partial charge is 0.288 e. The van der Waals surface area contributed by atoms with E-state index in [1.165, 1.54) is 7.05 Å². The van der Waals surface area contributed by atoms with Crippen molar-refractivity contribution >= 4 is 33.5 Å². The highest BCUT2D eigenvalue weighted by Crippen LogP contribution is 2.20. The molecule has 7 heteroatoms. The van der Waals surface area contributed by atoms with Crippen molar-refractivity contribution in [2.75, 3.05) is 18.5 Å². The minimum absolute atomic E-state index is 0.0363. The summed E-state index contributed by atoms with van der Waals surface area (Å²) in [5.74, 6) is -0.496. The Kier molecular flexibility index (Phi) is 3.10. The van der Waals surface area contributed by atoms with Crippen LogP contribution in [0.4, 0.5) is 5.69 Å². The zero-order chi connectivity index (χ0) is 12.4. The van der Waals surface area contributed by atoms with Gasteiger partial charge in [0.2, 0.25) is 5.91 Å². The van der Waals surface area contributed by atoms with Crippen LogP contribution < -0.4 is 11.1 Å². The third-order valence-corrected chi connectivity index (χ3v) is 3.22. The number of carbonyl (C=O) groups excluding carboxylic acids is 1. The molecule has 1 atom stereocenters. The SMILES string of the molecule is CNC(=O)CS(=O)c1nc2ccc(N)cc2o1. The van der Waals surface area contributed by atoms with E-state index < -0.39 is 10.8 Å². The van der Waals surface area contributed by atoms with Gasteiger partial charge in [0.1, 0.15) is 22.1 Å². The summed E-state index contributed by atoms with van der Waals surface area (Å²) in [6, 6.07) is 4.95. The molecule has 2 aromatic rings. The molecule has 0 saturated heterocycles. The number of amides is 1. The molecule has 0 radical (unpaired) electrons. The highest BCUT2D eigenvalue weighted by Gasteiger charge is 2.15. The number of carbonyl (C=O) groups is 1. The monoisotopic (exact) mass is 253 g/mol. The maximum atomic E-state index is 11.7. The largest absolute Gasteiger partial charge is 0.430 e. The number of nitrogen functional groups attached to an aromatic ring is 1. The Balaban J connectivity index is 2.30. The summed E-state index contributed by atoms with van der Waals surface area (Å²) in [6.45, 7) is 0. The van der Waals surface area contributed by atoms with Crippen LogP contribution in [-0.4, -0.2) is 27.9 Å². The molecule has 6 nitrogen and oxygen atoms in total. The van der Waals surface area contributed by atoms with E-state index in [1.807, 2.05) is 0 Å². The molecule has 1 aromatic carbocycles. The Hall–Kier alpha value is -1.89. The predicted octanol–water partition coefficient (Wildman–Crippen LogP) is 0.264. The summed E-state index contributed by atoms with van der Waals surface area (Å²) < 4.78 is 17.0. The summed E-state index contributed by atoms with van der Waals surface area (Å²) in [6.07, 6.45) is 0. The van der Waals surface area contributed by atoms with Crippen molar-refractivity contribution in [3.8, 4) is 0 Å². The Labute approximate surface area is 99.6 Å². The molecule has 3 N–H and O–H groups in total. The van der Waals surface area contributed by atoms with Gasteiger partial charge in [0.05, 0.1) is 0 Å². The van der Waals surface area contributed by atoms with Crippen molar-refractivity contribution in [2.24, 2.45) is 0 Å². The van der Waals surface area contributed by atoms with Crippen LogP contribution >= 0.6 is 0 Å². The van der Waals surface area contributed by atoms with Gasteiger partial charge in [0.15, 0.2) is 5.58 Å². The second-order valence-electron chi connectivity index (χ2n) is 3.37. The number of nitrogens with two attached hydrogens (primary N) is 1. The third-order valence-electron chi connectivity index (χ3n) is 2.13. The van der Waals surface area contributed by atoms with Crippen LogP contribution in [0.1, 0.15) is 0 Å². The van der Waals surface area contributed by atoms with Crippen molar-refractivity contribution in [2.45, 2.75) is 5.22 Å². The van der Waals surface area contributed by atoms with Gasteiger partial charge in [-0.25, -0.2) is 9.19 Å². The van der Waals surface area contributed by atoms with Crippen LogP contribution in [-0.2, 0) is 15.6 Å². The van der Waals surface area contributed by atoms with E-state index in [0.717, 1.165) is 0 Å². The molecular formula is C10H11N3O3S. The maximum absolute atomic E-state index is 11.7. The molecule has 1 aromatic heterocycles. The molecule has 1 heterocycles. The summed E-state index contributed by atoms with van der Waals surface area (Å²) in [7, 11) is -0.105. The van der Waals surface area contributed by atoms with Crippen molar-refractivity contribution in [3.63, 3.8) is 0 Å². The lowest BCUT2D eigenvalue weighted by molar-refractivity contribution is -0.118. The van der Waals surface area contributed by atoms with E-state index in [9.17, 15) is 9.00 Å². The molecule has 17 heavy (non-hydrogen) atoms. The van der Waals surface area contributed by atoms with Crippen LogP contribution in [0.2, 0.25) is 0 Å². The number of hydrogen-bond donors (Lipinski definition) is 2. The van der Waals surface area contributed by atoms with E-state index >= 15 is 0 Å². The van der Waals surface area contributed by atoms with Gasteiger partial charge in [-0.1, -0.05) is 0 Å². The highest BCUT2D eigenvalue weighted by atomic mass is 32.2. The van der Waals surface area contributed by atoms with Gasteiger partial charge in [-0.05, 0) is 12.1 Å². The lowest BCUT2D eigenvalue weighted by atomic mass is 10.3. The van der Waals surface area contributed by atoms with Crippen LogP contribution in [0.15, 0.2) is 27.8 Å². The molecule has 0 aliphatic rings.